The Bertz CT molecular complexity index is 252. The molecule has 0 saturated heterocycles. The van der Waals surface area contributed by atoms with Gasteiger partial charge in [0.15, 0.2) is 0 Å². The molecule has 0 saturated carbocycles. The Morgan fingerprint density at radius 2 is 1.76 bits per heavy atom. The van der Waals surface area contributed by atoms with E-state index in [-0.39, 0.29) is 17.9 Å². The molecule has 0 spiro atoms. The summed E-state index contributed by atoms with van der Waals surface area (Å²) in [5.74, 6) is 0.385. The van der Waals surface area contributed by atoms with Crippen molar-refractivity contribution in [3.8, 4) is 0 Å². The second kappa shape index (κ2) is 8.45. The topological polar surface area (TPSA) is 46.3 Å². The van der Waals surface area contributed by atoms with E-state index >= 15 is 0 Å². The van der Waals surface area contributed by atoms with E-state index in [0.29, 0.717) is 18.0 Å². The molecule has 0 heterocycles. The first-order valence-electron chi connectivity index (χ1n) is 6.56. The summed E-state index contributed by atoms with van der Waals surface area (Å²) in [6.07, 6.45) is 3.37. The number of hydrogen-bond donors (Lipinski definition) is 1. The van der Waals surface area contributed by atoms with Gasteiger partial charge in [0, 0.05) is 24.9 Å². The molecule has 0 aliphatic carbocycles. The molecule has 0 aromatic rings. The number of nitrogens with zero attached hydrogens (tertiary/aromatic N) is 1. The Hall–Kier alpha value is -0.640. The van der Waals surface area contributed by atoms with Crippen LogP contribution in [0.2, 0.25) is 0 Å². The fourth-order valence-corrected chi connectivity index (χ4v) is 1.96. The van der Waals surface area contributed by atoms with Crippen LogP contribution < -0.4 is 5.73 Å². The maximum atomic E-state index is 12.4. The minimum Gasteiger partial charge on any atom is -0.393 e. The summed E-state index contributed by atoms with van der Waals surface area (Å²) in [6.45, 7) is 8.96. The average Bonchev–Trinajstić information content (AvgIpc) is 2.30. The molecular formula is C13H26N2OS. The molecule has 0 fully saturated rings. The van der Waals surface area contributed by atoms with Gasteiger partial charge in [-0.1, -0.05) is 33.0 Å². The van der Waals surface area contributed by atoms with Crippen LogP contribution in [0.3, 0.4) is 0 Å². The maximum Gasteiger partial charge on any atom is 0.225 e. The number of carbonyl (C=O) groups is 1. The van der Waals surface area contributed by atoms with Gasteiger partial charge in [0.1, 0.15) is 0 Å². The Morgan fingerprint density at radius 3 is 2.12 bits per heavy atom. The summed E-state index contributed by atoms with van der Waals surface area (Å²) in [4.78, 5) is 14.8. The van der Waals surface area contributed by atoms with Crippen LogP contribution in [-0.4, -0.2) is 28.4 Å². The number of hydrogen-bond acceptors (Lipinski definition) is 2. The minimum absolute atomic E-state index is 0.135. The monoisotopic (exact) mass is 258 g/mol. The predicted molar refractivity (Wildman–Crippen MR) is 76.9 cm³/mol. The molecule has 3 nitrogen and oxygen atoms in total. The highest BCUT2D eigenvalue weighted by Gasteiger charge is 2.24. The molecule has 0 rings (SSSR count). The van der Waals surface area contributed by atoms with Crippen molar-refractivity contribution >= 4 is 23.1 Å². The summed E-state index contributed by atoms with van der Waals surface area (Å²) in [7, 11) is 0. The van der Waals surface area contributed by atoms with E-state index in [1.54, 1.807) is 0 Å². The first-order valence-corrected chi connectivity index (χ1v) is 6.97. The molecule has 1 atom stereocenters. The predicted octanol–water partition coefficient (Wildman–Crippen LogP) is 2.73. The van der Waals surface area contributed by atoms with Gasteiger partial charge in [0.05, 0.1) is 4.99 Å². The lowest BCUT2D eigenvalue weighted by Gasteiger charge is -2.31. The Balaban J connectivity index is 4.65. The molecule has 17 heavy (non-hydrogen) atoms. The molecule has 2 N–H and O–H groups in total. The Labute approximate surface area is 111 Å². The van der Waals surface area contributed by atoms with Crippen molar-refractivity contribution in [3.05, 3.63) is 0 Å². The van der Waals surface area contributed by atoms with Crippen LogP contribution in [0.25, 0.3) is 0 Å². The highest BCUT2D eigenvalue weighted by atomic mass is 32.1. The van der Waals surface area contributed by atoms with Crippen molar-refractivity contribution in [3.63, 3.8) is 0 Å². The second-order valence-corrected chi connectivity index (χ2v) is 5.04. The zero-order valence-corrected chi connectivity index (χ0v) is 12.3. The zero-order valence-electron chi connectivity index (χ0n) is 11.5. The van der Waals surface area contributed by atoms with Crippen LogP contribution in [-0.2, 0) is 4.79 Å². The van der Waals surface area contributed by atoms with E-state index < -0.39 is 0 Å². The van der Waals surface area contributed by atoms with Gasteiger partial charge in [-0.3, -0.25) is 4.79 Å². The SMILES string of the molecule is CCC(CC)C(=O)N(CCC(N)=S)C(C)CC. The Kier molecular flexibility index (Phi) is 8.13. The third-order valence-corrected chi connectivity index (χ3v) is 3.54. The van der Waals surface area contributed by atoms with Gasteiger partial charge in [0.2, 0.25) is 5.91 Å². The lowest BCUT2D eigenvalue weighted by Crippen LogP contribution is -2.43. The van der Waals surface area contributed by atoms with Gasteiger partial charge in [-0.05, 0) is 26.2 Å². The van der Waals surface area contributed by atoms with Crippen LogP contribution in [0, 0.1) is 5.92 Å². The van der Waals surface area contributed by atoms with Gasteiger partial charge >= 0.3 is 0 Å². The molecule has 0 aromatic carbocycles. The molecular weight excluding hydrogens is 232 g/mol. The number of amides is 1. The molecule has 1 amide bonds. The third kappa shape index (κ3) is 5.48. The van der Waals surface area contributed by atoms with Gasteiger partial charge in [-0.25, -0.2) is 0 Å². The standard InChI is InChI=1S/C13H26N2OS/c1-5-10(4)15(9-8-12(14)17)13(16)11(6-2)7-3/h10-11H,5-9H2,1-4H3,(H2,14,17). The number of thiocarbonyl (C=S) groups is 1. The molecule has 0 aliphatic heterocycles. The fraction of sp³-hybridized carbons (Fsp3) is 0.846. The van der Waals surface area contributed by atoms with E-state index in [1.807, 2.05) is 4.90 Å². The first-order chi connectivity index (χ1) is 7.97. The van der Waals surface area contributed by atoms with Gasteiger partial charge in [-0.2, -0.15) is 0 Å². The fourth-order valence-electron chi connectivity index (χ4n) is 1.87. The molecule has 0 radical (unpaired) electrons. The summed E-state index contributed by atoms with van der Waals surface area (Å²) >= 11 is 4.89. The lowest BCUT2D eigenvalue weighted by molar-refractivity contribution is -0.137. The van der Waals surface area contributed by atoms with Crippen LogP contribution in [0.4, 0.5) is 0 Å². The summed E-state index contributed by atoms with van der Waals surface area (Å²) in [5, 5.41) is 0. The summed E-state index contributed by atoms with van der Waals surface area (Å²) < 4.78 is 0. The largest absolute Gasteiger partial charge is 0.393 e. The molecule has 0 aliphatic rings. The minimum atomic E-state index is 0.135. The highest BCUT2D eigenvalue weighted by molar-refractivity contribution is 7.80. The first kappa shape index (κ1) is 16.4. The molecule has 1 unspecified atom stereocenters. The van der Waals surface area contributed by atoms with Gasteiger partial charge in [-0.15, -0.1) is 0 Å². The molecule has 4 heteroatoms. The van der Waals surface area contributed by atoms with E-state index in [9.17, 15) is 4.79 Å². The van der Waals surface area contributed by atoms with Crippen molar-refractivity contribution in [2.75, 3.05) is 6.54 Å². The van der Waals surface area contributed by atoms with Crippen molar-refractivity contribution in [1.82, 2.24) is 4.90 Å². The van der Waals surface area contributed by atoms with Crippen molar-refractivity contribution in [2.45, 2.75) is 59.4 Å². The van der Waals surface area contributed by atoms with E-state index in [1.165, 1.54) is 0 Å². The molecule has 0 aromatic heterocycles. The number of rotatable bonds is 8. The van der Waals surface area contributed by atoms with Crippen LogP contribution in [0.1, 0.15) is 53.4 Å². The normalized spacial score (nSPS) is 12.5. The van der Waals surface area contributed by atoms with Crippen molar-refractivity contribution in [1.29, 1.82) is 0 Å². The summed E-state index contributed by atoms with van der Waals surface area (Å²) in [5.41, 5.74) is 5.52. The van der Waals surface area contributed by atoms with Crippen molar-refractivity contribution in [2.24, 2.45) is 11.7 Å². The van der Waals surface area contributed by atoms with Gasteiger partial charge < -0.3 is 10.6 Å². The average molecular weight is 258 g/mol. The smallest absolute Gasteiger partial charge is 0.225 e. The van der Waals surface area contributed by atoms with E-state index in [0.717, 1.165) is 19.3 Å². The van der Waals surface area contributed by atoms with Crippen LogP contribution >= 0.6 is 12.2 Å². The van der Waals surface area contributed by atoms with E-state index in [4.69, 9.17) is 18.0 Å². The molecule has 100 valence electrons. The highest BCUT2D eigenvalue weighted by Crippen LogP contribution is 2.16. The number of nitrogens with two attached hydrogens (primary N) is 1. The van der Waals surface area contributed by atoms with Gasteiger partial charge in [0.25, 0.3) is 0 Å². The summed E-state index contributed by atoms with van der Waals surface area (Å²) in [6, 6.07) is 0.262. The van der Waals surface area contributed by atoms with E-state index in [2.05, 4.69) is 27.7 Å². The maximum absolute atomic E-state index is 12.4. The lowest BCUT2D eigenvalue weighted by atomic mass is 10.0. The number of carbonyl (C=O) groups excluding carboxylic acids is 1. The quantitative estimate of drug-likeness (QED) is 0.681. The van der Waals surface area contributed by atoms with Crippen molar-refractivity contribution < 1.29 is 4.79 Å². The van der Waals surface area contributed by atoms with Crippen LogP contribution in [0.5, 0.6) is 0 Å². The second-order valence-electron chi connectivity index (χ2n) is 4.52. The van der Waals surface area contributed by atoms with Crippen LogP contribution in [0.15, 0.2) is 0 Å². The Morgan fingerprint density at radius 1 is 1.24 bits per heavy atom. The zero-order chi connectivity index (χ0) is 13.4. The molecule has 0 bridgehead atoms. The third-order valence-electron chi connectivity index (χ3n) is 3.34.